The van der Waals surface area contributed by atoms with E-state index in [1.807, 2.05) is 62.3 Å². The molecule has 7 N–H and O–H groups in total. The first-order chi connectivity index (χ1) is 50.6. The van der Waals surface area contributed by atoms with E-state index in [4.69, 9.17) is 9.47 Å². The fourth-order valence-electron chi connectivity index (χ4n) is 15.1. The minimum Gasteiger partial charge on any atom is -0.391 e. The molecule has 0 aromatic heterocycles. The molecule has 13 amide bonds. The van der Waals surface area contributed by atoms with Gasteiger partial charge in [-0.1, -0.05) is 101 Å². The van der Waals surface area contributed by atoms with Gasteiger partial charge in [-0.2, -0.15) is 0 Å². The highest BCUT2D eigenvalue weighted by atomic mass is 16.5. The SMILES string of the molecule is CCCCN1CC(=O)N(C)[C@@H](C)C(=O)N[C@@H](COC(C)(C)C)C(=O)N(C)[C@@H](CC(C)C)C(=O)N(CCC2CCC(C(=O)NC)C(OC)C2)CC(=O)N[C@H](C(=O)N2CCCCC2)CC(=O)N[C@H](CC(C)C)C(=O)N(C)[C@@H](CC2CCCCC2)C(=O)N[C@@H](CC(C)C)C(=O)N(C)[C@@H](CC(C)C)C(=O)N[C@@H]([C@@H](C)O)C1=O. The molecule has 0 radical (unpaired) electrons. The van der Waals surface area contributed by atoms with Crippen LogP contribution >= 0.6 is 0 Å². The number of unbranched alkanes of at least 4 members (excludes halogenated alkanes) is 1. The molecule has 29 nitrogen and oxygen atoms in total. The smallest absolute Gasteiger partial charge is 0.248 e. The van der Waals surface area contributed by atoms with Crippen molar-refractivity contribution in [1.82, 2.24) is 66.2 Å². The van der Waals surface area contributed by atoms with Crippen LogP contribution < -0.4 is 31.9 Å². The maximum absolute atomic E-state index is 15.8. The van der Waals surface area contributed by atoms with E-state index in [0.717, 1.165) is 43.4 Å². The maximum Gasteiger partial charge on any atom is 0.248 e. The second-order valence-electron chi connectivity index (χ2n) is 33.8. The second-order valence-corrected chi connectivity index (χ2v) is 33.8. The van der Waals surface area contributed by atoms with Gasteiger partial charge in [0, 0.05) is 68.5 Å². The predicted molar refractivity (Wildman–Crippen MR) is 411 cm³/mol. The quantitative estimate of drug-likeness (QED) is 0.0783. The number of hydrogen-bond acceptors (Lipinski definition) is 16. The van der Waals surface area contributed by atoms with Gasteiger partial charge in [-0.15, -0.1) is 0 Å². The number of aliphatic hydroxyl groups is 1. The van der Waals surface area contributed by atoms with Crippen LogP contribution in [0.15, 0.2) is 0 Å². The van der Waals surface area contributed by atoms with Gasteiger partial charge in [0.05, 0.1) is 49.8 Å². The summed E-state index contributed by atoms with van der Waals surface area (Å²) >= 11 is 0. The first-order valence-corrected chi connectivity index (χ1v) is 40.1. The van der Waals surface area contributed by atoms with Crippen LogP contribution in [0.4, 0.5) is 0 Å². The van der Waals surface area contributed by atoms with Crippen molar-refractivity contribution >= 4 is 76.8 Å². The average Bonchev–Trinajstić information content (AvgIpc) is 0.829. The van der Waals surface area contributed by atoms with E-state index in [1.54, 1.807) is 32.7 Å². The Labute approximate surface area is 644 Å². The molecule has 108 heavy (non-hydrogen) atoms. The summed E-state index contributed by atoms with van der Waals surface area (Å²) in [6, 6.07) is -12.2. The average molecular weight is 1530 g/mol. The molecule has 0 bridgehead atoms. The van der Waals surface area contributed by atoms with Crippen LogP contribution in [0.25, 0.3) is 0 Å². The predicted octanol–water partition coefficient (Wildman–Crippen LogP) is 4.53. The van der Waals surface area contributed by atoms with Crippen LogP contribution in [0, 0.1) is 41.4 Å². The highest BCUT2D eigenvalue weighted by Crippen LogP contribution is 2.34. The van der Waals surface area contributed by atoms with Crippen LogP contribution in [0.2, 0.25) is 0 Å². The molecule has 0 aromatic carbocycles. The van der Waals surface area contributed by atoms with Gasteiger partial charge in [-0.3, -0.25) is 62.3 Å². The molecule has 0 aromatic rings. The normalized spacial score (nSPS) is 27.4. The summed E-state index contributed by atoms with van der Waals surface area (Å²) in [5, 5.41) is 28.4. The fourth-order valence-corrected chi connectivity index (χ4v) is 15.1. The molecule has 3 unspecified atom stereocenters. The number of likely N-dealkylation sites (tertiary alicyclic amines) is 1. The van der Waals surface area contributed by atoms with E-state index in [0.29, 0.717) is 64.5 Å². The monoisotopic (exact) mass is 1530 g/mol. The van der Waals surface area contributed by atoms with Gasteiger partial charge < -0.3 is 80.8 Å². The lowest BCUT2D eigenvalue weighted by Gasteiger charge is -2.38. The molecule has 616 valence electrons. The van der Waals surface area contributed by atoms with Crippen molar-refractivity contribution in [2.24, 2.45) is 41.4 Å². The molecular formula is C79H139N13O16. The summed E-state index contributed by atoms with van der Waals surface area (Å²) in [6.45, 7) is 23.8. The first-order valence-electron chi connectivity index (χ1n) is 40.1. The van der Waals surface area contributed by atoms with E-state index in [2.05, 4.69) is 31.9 Å². The number of likely N-dealkylation sites (N-methyl/N-ethyl adjacent to an activating group) is 4. The highest BCUT2D eigenvalue weighted by Gasteiger charge is 2.44. The summed E-state index contributed by atoms with van der Waals surface area (Å²) in [4.78, 5) is 203. The number of carbonyl (C=O) groups is 13. The van der Waals surface area contributed by atoms with Gasteiger partial charge in [-0.05, 0) is 154 Å². The Morgan fingerprint density at radius 2 is 1.08 bits per heavy atom. The largest absolute Gasteiger partial charge is 0.391 e. The number of carbonyl (C=O) groups excluding carboxylic acids is 13. The molecule has 4 aliphatic rings. The van der Waals surface area contributed by atoms with Gasteiger partial charge in [0.25, 0.3) is 0 Å². The molecule has 29 heteroatoms. The number of aliphatic hydroxyl groups excluding tert-OH is 1. The first kappa shape index (κ1) is 93.4. The van der Waals surface area contributed by atoms with E-state index in [1.165, 1.54) is 73.6 Å². The molecule has 2 aliphatic heterocycles. The number of rotatable bonds is 22. The molecule has 2 saturated heterocycles. The van der Waals surface area contributed by atoms with Crippen molar-refractivity contribution in [2.45, 2.75) is 298 Å². The third kappa shape index (κ3) is 29.0. The van der Waals surface area contributed by atoms with Crippen LogP contribution in [0.5, 0.6) is 0 Å². The Bertz CT molecular complexity index is 2980. The molecular weight excluding hydrogens is 1390 g/mol. The topological polar surface area (TPSA) is 355 Å². The number of piperidine rings is 1. The van der Waals surface area contributed by atoms with Gasteiger partial charge in [0.1, 0.15) is 54.4 Å². The van der Waals surface area contributed by atoms with Crippen molar-refractivity contribution in [3.05, 3.63) is 0 Å². The zero-order valence-corrected chi connectivity index (χ0v) is 69.2. The van der Waals surface area contributed by atoms with Crippen LogP contribution in [-0.2, 0) is 71.8 Å². The maximum atomic E-state index is 15.8. The van der Waals surface area contributed by atoms with Crippen LogP contribution in [0.3, 0.4) is 0 Å². The number of methoxy groups -OCH3 is 1. The lowest BCUT2D eigenvalue weighted by atomic mass is 9.78. The third-order valence-corrected chi connectivity index (χ3v) is 21.7. The fraction of sp³-hybridized carbons (Fsp3) is 0.835. The number of amides is 13. The molecule has 0 spiro atoms. The van der Waals surface area contributed by atoms with Gasteiger partial charge in [0.15, 0.2) is 0 Å². The lowest BCUT2D eigenvalue weighted by Crippen LogP contribution is -2.62. The van der Waals surface area contributed by atoms with Crippen molar-refractivity contribution in [1.29, 1.82) is 0 Å². The van der Waals surface area contributed by atoms with Crippen LogP contribution in [0.1, 0.15) is 225 Å². The summed E-state index contributed by atoms with van der Waals surface area (Å²) in [7, 11) is 8.80. The Morgan fingerprint density at radius 3 is 1.63 bits per heavy atom. The zero-order valence-electron chi connectivity index (χ0n) is 69.2. The molecule has 4 rings (SSSR count). The van der Waals surface area contributed by atoms with Gasteiger partial charge in [-0.25, -0.2) is 0 Å². The van der Waals surface area contributed by atoms with E-state index < -0.39 is 175 Å². The summed E-state index contributed by atoms with van der Waals surface area (Å²) in [5.41, 5.74) is -0.864. The van der Waals surface area contributed by atoms with Crippen molar-refractivity contribution < 1.29 is 76.9 Å². The second kappa shape index (κ2) is 44.7. The van der Waals surface area contributed by atoms with Crippen LogP contribution in [-0.4, -0.2) is 277 Å². The van der Waals surface area contributed by atoms with Gasteiger partial charge in [0.2, 0.25) is 76.8 Å². The molecule has 13 atom stereocenters. The Kier molecular flexibility index (Phi) is 38.7. The number of nitrogens with one attached hydrogen (secondary N) is 6. The van der Waals surface area contributed by atoms with Crippen molar-refractivity contribution in [2.75, 3.05) is 88.2 Å². The standard InChI is InChI=1S/C79H139N13O16/c1-21-22-34-91-46-67(96)86(16)52(10)69(97)84-60(47-108-79(12,13)14)75(103)89(19)63(41-51(8)9)77(105)92(37-33-55-31-32-56(70(98)80-15)64(43-55)107-20)45-66(95)82-59(76(104)90-35-27-24-28-36-90)44-65(94)81-57(38-48(2)3)73(101)88(18)62(42-54-29-25-23-26-30-54)71(99)83-58(39-49(4)5)74(102)87(17)61(40-50(6)7)72(100)85-68(53(11)93)78(91)106/h48-64,68,93H,21-47H2,1-20H3,(H,80,98)(H,81,94)(H,82,95)(H,83,99)(H,84,97)(H,85,100)/t52-,53+,55?,56?,57+,58-,59-,60-,61-,62-,63-,64?,68-/m0/s1. The summed E-state index contributed by atoms with van der Waals surface area (Å²) in [6.07, 6.45) is 7.27. The molecule has 2 heterocycles. The number of nitrogens with zero attached hydrogens (tertiary/aromatic N) is 7. The number of ether oxygens (including phenoxy) is 2. The van der Waals surface area contributed by atoms with E-state index >= 15 is 28.8 Å². The lowest BCUT2D eigenvalue weighted by molar-refractivity contribution is -0.151. The zero-order chi connectivity index (χ0) is 81.2. The Hall–Kier alpha value is -7.01. The van der Waals surface area contributed by atoms with E-state index in [9.17, 15) is 38.7 Å². The minimum absolute atomic E-state index is 0.00588. The summed E-state index contributed by atoms with van der Waals surface area (Å²) in [5.74, 6) is -10.1. The Balaban J connectivity index is 1.99. The summed E-state index contributed by atoms with van der Waals surface area (Å²) < 4.78 is 12.0. The Morgan fingerprint density at radius 1 is 0.565 bits per heavy atom. The van der Waals surface area contributed by atoms with Gasteiger partial charge >= 0.3 is 0 Å². The molecule has 2 aliphatic carbocycles. The number of hydrogen-bond donors (Lipinski definition) is 7. The molecule has 2 saturated carbocycles. The minimum atomic E-state index is -1.64. The molecule has 4 fully saturated rings. The third-order valence-electron chi connectivity index (χ3n) is 21.7. The van der Waals surface area contributed by atoms with E-state index in [-0.39, 0.29) is 86.6 Å². The highest BCUT2D eigenvalue weighted by molar-refractivity contribution is 6.00. The van der Waals surface area contributed by atoms with Crippen molar-refractivity contribution in [3.63, 3.8) is 0 Å². The van der Waals surface area contributed by atoms with Crippen molar-refractivity contribution in [3.8, 4) is 0 Å².